The zero-order chi connectivity index (χ0) is 13.4. The molecule has 8 heteroatoms. The van der Waals surface area contributed by atoms with Gasteiger partial charge in [0.2, 0.25) is 5.91 Å². The number of hydrogen-bond donors (Lipinski definition) is 2. The van der Waals surface area contributed by atoms with Gasteiger partial charge in [-0.3, -0.25) is 9.48 Å². The fourth-order valence-electron chi connectivity index (χ4n) is 1.62. The van der Waals surface area contributed by atoms with Gasteiger partial charge in [-0.15, -0.1) is 24.8 Å². The molecule has 0 saturated carbocycles. The number of amides is 1. The number of halogens is 2. The van der Waals surface area contributed by atoms with E-state index in [2.05, 4.69) is 15.7 Å². The predicted octanol–water partition coefficient (Wildman–Crippen LogP) is 0.696. The first-order valence-corrected chi connectivity index (χ1v) is 6.11. The third kappa shape index (κ3) is 8.37. The van der Waals surface area contributed by atoms with Gasteiger partial charge in [0.25, 0.3) is 0 Å². The van der Waals surface area contributed by atoms with E-state index in [1.54, 1.807) is 11.8 Å². The number of rotatable bonds is 8. The maximum absolute atomic E-state index is 11.6. The Labute approximate surface area is 132 Å². The van der Waals surface area contributed by atoms with Crippen molar-refractivity contribution >= 4 is 30.7 Å². The third-order valence-electron chi connectivity index (χ3n) is 2.50. The SMILES string of the molecule is COCCNCCNC(=O)Cn1nc(C)cc1C.Cl.Cl. The van der Waals surface area contributed by atoms with Gasteiger partial charge in [0.05, 0.1) is 12.3 Å². The van der Waals surface area contributed by atoms with Crippen LogP contribution in [0.2, 0.25) is 0 Å². The fourth-order valence-corrected chi connectivity index (χ4v) is 1.62. The highest BCUT2D eigenvalue weighted by Gasteiger charge is 2.05. The van der Waals surface area contributed by atoms with Crippen molar-refractivity contribution in [1.29, 1.82) is 0 Å². The molecule has 0 aliphatic heterocycles. The Balaban J connectivity index is 0. The summed E-state index contributed by atoms with van der Waals surface area (Å²) in [4.78, 5) is 11.6. The summed E-state index contributed by atoms with van der Waals surface area (Å²) in [6.07, 6.45) is 0. The van der Waals surface area contributed by atoms with E-state index in [1.165, 1.54) is 0 Å². The Morgan fingerprint density at radius 1 is 1.30 bits per heavy atom. The molecule has 6 nitrogen and oxygen atoms in total. The molecule has 0 aromatic carbocycles. The average Bonchev–Trinajstić information content (AvgIpc) is 2.62. The van der Waals surface area contributed by atoms with Crippen LogP contribution in [0, 0.1) is 13.8 Å². The van der Waals surface area contributed by atoms with Gasteiger partial charge in [-0.05, 0) is 19.9 Å². The van der Waals surface area contributed by atoms with Crippen LogP contribution in [0.4, 0.5) is 0 Å². The number of carbonyl (C=O) groups excluding carboxylic acids is 1. The van der Waals surface area contributed by atoms with Crippen molar-refractivity contribution < 1.29 is 9.53 Å². The van der Waals surface area contributed by atoms with Crippen LogP contribution < -0.4 is 10.6 Å². The van der Waals surface area contributed by atoms with Crippen molar-refractivity contribution in [1.82, 2.24) is 20.4 Å². The molecule has 0 fully saturated rings. The molecule has 118 valence electrons. The number of hydrogen-bond acceptors (Lipinski definition) is 4. The molecular weight excluding hydrogens is 303 g/mol. The first kappa shape index (κ1) is 21.5. The second kappa shape index (κ2) is 12.0. The van der Waals surface area contributed by atoms with Gasteiger partial charge in [0.1, 0.15) is 6.54 Å². The van der Waals surface area contributed by atoms with Crippen LogP contribution in [0.1, 0.15) is 11.4 Å². The molecule has 0 aliphatic carbocycles. The summed E-state index contributed by atoms with van der Waals surface area (Å²) in [5.41, 5.74) is 1.93. The highest BCUT2D eigenvalue weighted by atomic mass is 35.5. The molecule has 20 heavy (non-hydrogen) atoms. The van der Waals surface area contributed by atoms with Crippen LogP contribution in [0.15, 0.2) is 6.07 Å². The third-order valence-corrected chi connectivity index (χ3v) is 2.50. The molecular formula is C12H24Cl2N4O2. The van der Waals surface area contributed by atoms with Crippen molar-refractivity contribution in [2.24, 2.45) is 0 Å². The van der Waals surface area contributed by atoms with Gasteiger partial charge in [-0.1, -0.05) is 0 Å². The van der Waals surface area contributed by atoms with Gasteiger partial charge in [-0.25, -0.2) is 0 Å². The van der Waals surface area contributed by atoms with Crippen LogP contribution in [0.3, 0.4) is 0 Å². The monoisotopic (exact) mass is 326 g/mol. The predicted molar refractivity (Wildman–Crippen MR) is 84.0 cm³/mol. The lowest BCUT2D eigenvalue weighted by molar-refractivity contribution is -0.121. The van der Waals surface area contributed by atoms with E-state index < -0.39 is 0 Å². The van der Waals surface area contributed by atoms with E-state index >= 15 is 0 Å². The van der Waals surface area contributed by atoms with E-state index in [0.29, 0.717) is 13.2 Å². The van der Waals surface area contributed by atoms with Crippen molar-refractivity contribution in [3.63, 3.8) is 0 Å². The molecule has 0 spiro atoms. The van der Waals surface area contributed by atoms with Crippen LogP contribution >= 0.6 is 24.8 Å². The van der Waals surface area contributed by atoms with E-state index in [-0.39, 0.29) is 37.3 Å². The molecule has 1 aromatic rings. The highest BCUT2D eigenvalue weighted by Crippen LogP contribution is 2.00. The minimum Gasteiger partial charge on any atom is -0.383 e. The summed E-state index contributed by atoms with van der Waals surface area (Å²) in [7, 11) is 1.66. The van der Waals surface area contributed by atoms with Gasteiger partial charge in [0, 0.05) is 32.4 Å². The molecule has 1 amide bonds. The maximum Gasteiger partial charge on any atom is 0.241 e. The Bertz CT molecular complexity index is 386. The maximum atomic E-state index is 11.6. The zero-order valence-electron chi connectivity index (χ0n) is 12.1. The molecule has 2 N–H and O–H groups in total. The first-order chi connectivity index (χ1) is 8.63. The number of methoxy groups -OCH3 is 1. The Morgan fingerprint density at radius 3 is 2.55 bits per heavy atom. The molecule has 0 bridgehead atoms. The summed E-state index contributed by atoms with van der Waals surface area (Å²) in [6, 6.07) is 1.96. The molecule has 0 saturated heterocycles. The van der Waals surface area contributed by atoms with E-state index in [0.717, 1.165) is 24.5 Å². The van der Waals surface area contributed by atoms with Crippen LogP contribution in [-0.4, -0.2) is 49.0 Å². The minimum atomic E-state index is -0.0188. The van der Waals surface area contributed by atoms with E-state index in [9.17, 15) is 4.79 Å². The van der Waals surface area contributed by atoms with Crippen LogP contribution in [0.25, 0.3) is 0 Å². The zero-order valence-corrected chi connectivity index (χ0v) is 13.8. The smallest absolute Gasteiger partial charge is 0.241 e. The largest absolute Gasteiger partial charge is 0.383 e. The van der Waals surface area contributed by atoms with Crippen molar-refractivity contribution in [3.8, 4) is 0 Å². The lowest BCUT2D eigenvalue weighted by atomic mass is 10.4. The number of aromatic nitrogens is 2. The quantitative estimate of drug-likeness (QED) is 0.690. The van der Waals surface area contributed by atoms with Gasteiger partial charge in [-0.2, -0.15) is 5.10 Å². The van der Waals surface area contributed by atoms with Gasteiger partial charge < -0.3 is 15.4 Å². The molecule has 0 radical (unpaired) electrons. The standard InChI is InChI=1S/C12H22N4O2.2ClH/c1-10-8-11(2)16(15-10)9-12(17)14-5-4-13-6-7-18-3;;/h8,13H,4-7,9H2,1-3H3,(H,14,17);2*1H. The number of aryl methyl sites for hydroxylation is 2. The summed E-state index contributed by atoms with van der Waals surface area (Å²) < 4.78 is 6.61. The van der Waals surface area contributed by atoms with Crippen molar-refractivity contribution in [2.45, 2.75) is 20.4 Å². The average molecular weight is 327 g/mol. The first-order valence-electron chi connectivity index (χ1n) is 6.11. The normalized spacial score (nSPS) is 9.55. The summed E-state index contributed by atoms with van der Waals surface area (Å²) >= 11 is 0. The Hall–Kier alpha value is -0.820. The lowest BCUT2D eigenvalue weighted by Crippen LogP contribution is -2.35. The Morgan fingerprint density at radius 2 is 2.00 bits per heavy atom. The molecule has 0 aliphatic rings. The molecule has 1 aromatic heterocycles. The van der Waals surface area contributed by atoms with Crippen molar-refractivity contribution in [3.05, 3.63) is 17.5 Å². The van der Waals surface area contributed by atoms with Crippen LogP contribution in [-0.2, 0) is 16.1 Å². The lowest BCUT2D eigenvalue weighted by Gasteiger charge is -2.07. The second-order valence-electron chi connectivity index (χ2n) is 4.18. The summed E-state index contributed by atoms with van der Waals surface area (Å²) in [5, 5.41) is 10.2. The number of nitrogens with zero attached hydrogens (tertiary/aromatic N) is 2. The minimum absolute atomic E-state index is 0. The second-order valence-corrected chi connectivity index (χ2v) is 4.18. The molecule has 1 heterocycles. The topological polar surface area (TPSA) is 68.2 Å². The summed E-state index contributed by atoms with van der Waals surface area (Å²) in [6.45, 7) is 6.97. The fraction of sp³-hybridized carbons (Fsp3) is 0.667. The number of nitrogens with one attached hydrogen (secondary N) is 2. The van der Waals surface area contributed by atoms with Gasteiger partial charge >= 0.3 is 0 Å². The summed E-state index contributed by atoms with van der Waals surface area (Å²) in [5.74, 6) is -0.0188. The van der Waals surface area contributed by atoms with Crippen molar-refractivity contribution in [2.75, 3.05) is 33.4 Å². The van der Waals surface area contributed by atoms with E-state index in [1.807, 2.05) is 19.9 Å². The van der Waals surface area contributed by atoms with E-state index in [4.69, 9.17) is 4.74 Å². The van der Waals surface area contributed by atoms with Gasteiger partial charge in [0.15, 0.2) is 0 Å². The molecule has 0 atom stereocenters. The highest BCUT2D eigenvalue weighted by molar-refractivity contribution is 5.85. The Kier molecular flexibility index (Phi) is 12.8. The number of ether oxygens (including phenoxy) is 1. The van der Waals surface area contributed by atoms with Crippen LogP contribution in [0.5, 0.6) is 0 Å². The molecule has 1 rings (SSSR count). The number of carbonyl (C=O) groups is 1. The molecule has 0 unspecified atom stereocenters.